The predicted molar refractivity (Wildman–Crippen MR) is 95.1 cm³/mol. The van der Waals surface area contributed by atoms with Gasteiger partial charge in [-0.1, -0.05) is 56.4 Å². The maximum atomic E-state index is 7.41. The van der Waals surface area contributed by atoms with Crippen LogP contribution in [0, 0.1) is 12.3 Å². The highest BCUT2D eigenvalue weighted by Gasteiger charge is 2.05. The molecule has 0 atom stereocenters. The zero-order chi connectivity index (χ0) is 15.7. The molecular weight excluding hydrogens is 254 g/mol. The molecule has 1 aliphatic rings. The average molecular weight is 281 g/mol. The van der Waals surface area contributed by atoms with Crippen LogP contribution in [0.4, 0.5) is 0 Å². The van der Waals surface area contributed by atoms with E-state index < -0.39 is 0 Å². The molecule has 1 aromatic carbocycles. The first-order valence-electron chi connectivity index (χ1n) is 7.84. The minimum absolute atomic E-state index is 0.605. The lowest BCUT2D eigenvalue weighted by atomic mass is 9.93. The molecule has 1 aromatic rings. The Morgan fingerprint density at radius 2 is 2.05 bits per heavy atom. The summed E-state index contributed by atoms with van der Waals surface area (Å²) in [4.78, 5) is 0. The van der Waals surface area contributed by atoms with E-state index in [4.69, 9.17) is 5.41 Å². The maximum Gasteiger partial charge on any atom is 0.0279 e. The van der Waals surface area contributed by atoms with Crippen molar-refractivity contribution in [3.8, 4) is 0 Å². The molecule has 0 heterocycles. The molecule has 0 fully saturated rings. The third kappa shape index (κ3) is 5.55. The minimum atomic E-state index is 0.605. The van der Waals surface area contributed by atoms with Crippen molar-refractivity contribution in [2.24, 2.45) is 0 Å². The summed E-state index contributed by atoms with van der Waals surface area (Å²) >= 11 is 0. The Kier molecular flexibility index (Phi) is 7.45. The lowest BCUT2D eigenvalue weighted by Gasteiger charge is -2.12. The summed E-state index contributed by atoms with van der Waals surface area (Å²) < 4.78 is 0. The zero-order valence-electron chi connectivity index (χ0n) is 13.7. The molecule has 1 aliphatic carbocycles. The number of benzene rings is 1. The van der Waals surface area contributed by atoms with E-state index in [1.54, 1.807) is 6.92 Å². The number of hydrogen-bond acceptors (Lipinski definition) is 1. The van der Waals surface area contributed by atoms with Crippen LogP contribution in [0.15, 0.2) is 48.6 Å². The van der Waals surface area contributed by atoms with Gasteiger partial charge in [0.2, 0.25) is 0 Å². The van der Waals surface area contributed by atoms with Crippen LogP contribution in [-0.4, -0.2) is 5.71 Å². The van der Waals surface area contributed by atoms with Gasteiger partial charge >= 0.3 is 0 Å². The van der Waals surface area contributed by atoms with E-state index in [0.717, 1.165) is 19.3 Å². The van der Waals surface area contributed by atoms with Crippen LogP contribution in [-0.2, 0) is 6.42 Å². The average Bonchev–Trinajstić information content (AvgIpc) is 2.52. The van der Waals surface area contributed by atoms with Crippen molar-refractivity contribution < 1.29 is 0 Å². The third-order valence-electron chi connectivity index (χ3n) is 3.44. The highest BCUT2D eigenvalue weighted by Crippen LogP contribution is 2.25. The van der Waals surface area contributed by atoms with Crippen molar-refractivity contribution in [1.29, 1.82) is 5.41 Å². The molecule has 0 bridgehead atoms. The summed E-state index contributed by atoms with van der Waals surface area (Å²) in [5, 5.41) is 7.41. The molecule has 21 heavy (non-hydrogen) atoms. The SMILES string of the molecule is CC.CC(=N)/C=C\Cc1cc(C2=CC=CCC2)ccc1C. The van der Waals surface area contributed by atoms with Crippen LogP contribution in [0.1, 0.15) is 50.3 Å². The van der Waals surface area contributed by atoms with E-state index in [1.807, 2.05) is 19.9 Å². The summed E-state index contributed by atoms with van der Waals surface area (Å²) in [5.41, 5.74) is 6.04. The van der Waals surface area contributed by atoms with Gasteiger partial charge in [0.05, 0.1) is 0 Å². The number of allylic oxidation sites excluding steroid dienone is 6. The standard InChI is InChI=1S/C18H21N.C2H6/c1-14-11-12-18(16-8-4-3-5-9-16)13-17(14)10-6-7-15(2)19;1-2/h3-4,6-8,11-13,19H,5,9-10H2,1-2H3;1-2H3/b7-6-,19-15?;. The first-order chi connectivity index (χ1) is 10.2. The number of aryl methyl sites for hydroxylation is 1. The van der Waals surface area contributed by atoms with Gasteiger partial charge in [-0.15, -0.1) is 0 Å². The quantitative estimate of drug-likeness (QED) is 0.665. The van der Waals surface area contributed by atoms with Crippen molar-refractivity contribution in [2.75, 3.05) is 0 Å². The van der Waals surface area contributed by atoms with E-state index in [-0.39, 0.29) is 0 Å². The highest BCUT2D eigenvalue weighted by atomic mass is 14.4. The largest absolute Gasteiger partial charge is 0.306 e. The Hall–Kier alpha value is -1.89. The normalized spacial score (nSPS) is 13.6. The molecule has 0 saturated carbocycles. The summed E-state index contributed by atoms with van der Waals surface area (Å²) in [6.45, 7) is 7.96. The molecule has 0 aliphatic heterocycles. The Bertz CT molecular complexity index is 559. The van der Waals surface area contributed by atoms with Crippen molar-refractivity contribution in [1.82, 2.24) is 0 Å². The van der Waals surface area contributed by atoms with Gasteiger partial charge in [-0.05, 0) is 61.4 Å². The van der Waals surface area contributed by atoms with Crippen molar-refractivity contribution in [2.45, 2.75) is 47.0 Å². The molecule has 0 spiro atoms. The van der Waals surface area contributed by atoms with E-state index in [9.17, 15) is 0 Å². The lowest BCUT2D eigenvalue weighted by molar-refractivity contribution is 1.05. The Morgan fingerprint density at radius 1 is 1.29 bits per heavy atom. The van der Waals surface area contributed by atoms with Gasteiger partial charge in [0.1, 0.15) is 0 Å². The molecule has 2 rings (SSSR count). The van der Waals surface area contributed by atoms with Crippen LogP contribution >= 0.6 is 0 Å². The molecule has 1 heteroatoms. The van der Waals surface area contributed by atoms with Gasteiger partial charge in [-0.25, -0.2) is 0 Å². The molecular formula is C20H27N. The Labute approximate surface area is 129 Å². The minimum Gasteiger partial charge on any atom is -0.306 e. The topological polar surface area (TPSA) is 23.9 Å². The second kappa shape index (κ2) is 9.12. The van der Waals surface area contributed by atoms with Gasteiger partial charge < -0.3 is 5.41 Å². The smallest absolute Gasteiger partial charge is 0.0279 e. The number of hydrogen-bond donors (Lipinski definition) is 1. The van der Waals surface area contributed by atoms with E-state index >= 15 is 0 Å². The monoisotopic (exact) mass is 281 g/mol. The van der Waals surface area contributed by atoms with Crippen LogP contribution in [0.5, 0.6) is 0 Å². The first-order valence-corrected chi connectivity index (χ1v) is 7.84. The van der Waals surface area contributed by atoms with Crippen LogP contribution in [0.3, 0.4) is 0 Å². The Morgan fingerprint density at radius 3 is 2.67 bits per heavy atom. The molecule has 0 saturated heterocycles. The third-order valence-corrected chi connectivity index (χ3v) is 3.44. The van der Waals surface area contributed by atoms with E-state index in [1.165, 1.54) is 22.3 Å². The first kappa shape index (κ1) is 17.2. The van der Waals surface area contributed by atoms with E-state index in [2.05, 4.69) is 49.4 Å². The van der Waals surface area contributed by atoms with Crippen molar-refractivity contribution >= 4 is 11.3 Å². The number of nitrogens with one attached hydrogen (secondary N) is 1. The van der Waals surface area contributed by atoms with Gasteiger partial charge in [0.15, 0.2) is 0 Å². The van der Waals surface area contributed by atoms with Gasteiger partial charge in [-0.2, -0.15) is 0 Å². The summed E-state index contributed by atoms with van der Waals surface area (Å²) in [6, 6.07) is 6.72. The summed E-state index contributed by atoms with van der Waals surface area (Å²) in [7, 11) is 0. The Balaban J connectivity index is 0.00000106. The molecule has 0 amide bonds. The second-order valence-electron chi connectivity index (χ2n) is 5.09. The van der Waals surface area contributed by atoms with E-state index in [0.29, 0.717) is 5.71 Å². The molecule has 0 unspecified atom stereocenters. The highest BCUT2D eigenvalue weighted by molar-refractivity contribution is 5.89. The van der Waals surface area contributed by atoms with Gasteiger partial charge in [0, 0.05) is 5.71 Å². The molecule has 1 N–H and O–H groups in total. The predicted octanol–water partition coefficient (Wildman–Crippen LogP) is 5.89. The molecule has 1 nitrogen and oxygen atoms in total. The van der Waals surface area contributed by atoms with Gasteiger partial charge in [0.25, 0.3) is 0 Å². The maximum absolute atomic E-state index is 7.41. The van der Waals surface area contributed by atoms with Crippen LogP contribution < -0.4 is 0 Å². The molecule has 0 radical (unpaired) electrons. The fourth-order valence-electron chi connectivity index (χ4n) is 2.30. The second-order valence-corrected chi connectivity index (χ2v) is 5.09. The van der Waals surface area contributed by atoms with Crippen molar-refractivity contribution in [3.05, 3.63) is 65.3 Å². The summed E-state index contributed by atoms with van der Waals surface area (Å²) in [5.74, 6) is 0. The molecule has 0 aromatic heterocycles. The van der Waals surface area contributed by atoms with Crippen LogP contribution in [0.25, 0.3) is 5.57 Å². The van der Waals surface area contributed by atoms with Gasteiger partial charge in [-0.3, -0.25) is 0 Å². The van der Waals surface area contributed by atoms with Crippen molar-refractivity contribution in [3.63, 3.8) is 0 Å². The fraction of sp³-hybridized carbons (Fsp3) is 0.350. The fourth-order valence-corrected chi connectivity index (χ4v) is 2.30. The number of rotatable bonds is 4. The summed E-state index contributed by atoms with van der Waals surface area (Å²) in [6.07, 6.45) is 13.7. The lowest BCUT2D eigenvalue weighted by Crippen LogP contribution is -1.93. The van der Waals surface area contributed by atoms with Crippen LogP contribution in [0.2, 0.25) is 0 Å². The zero-order valence-corrected chi connectivity index (χ0v) is 13.7. The molecule has 112 valence electrons.